The number of nitro groups is 2. The highest BCUT2D eigenvalue weighted by atomic mass is 16.7. The van der Waals surface area contributed by atoms with Crippen molar-refractivity contribution < 1.29 is 15.0 Å². The van der Waals surface area contributed by atoms with Gasteiger partial charge in [-0.15, -0.1) is 0 Å². The van der Waals surface area contributed by atoms with Crippen molar-refractivity contribution in [2.75, 3.05) is 0 Å². The highest BCUT2D eigenvalue weighted by Gasteiger charge is 2.46. The standard InChI is InChI=1S/C7H8N2O5/c1-5-4-6(8(11)12)2-3-7(5,10)9(13)14/h2-5,10H,1H3. The van der Waals surface area contributed by atoms with E-state index < -0.39 is 21.5 Å². The first-order valence-electron chi connectivity index (χ1n) is 3.80. The van der Waals surface area contributed by atoms with E-state index >= 15 is 0 Å². The fraction of sp³-hybridized carbons (Fsp3) is 0.429. The molecule has 1 aliphatic rings. The molecule has 0 saturated carbocycles. The number of nitrogens with zero attached hydrogens (tertiary/aromatic N) is 2. The van der Waals surface area contributed by atoms with Crippen LogP contribution in [0.4, 0.5) is 0 Å². The van der Waals surface area contributed by atoms with Crippen LogP contribution in [0.15, 0.2) is 23.9 Å². The molecule has 1 N–H and O–H groups in total. The first-order valence-corrected chi connectivity index (χ1v) is 3.80. The molecule has 0 heterocycles. The Morgan fingerprint density at radius 1 is 1.50 bits per heavy atom. The van der Waals surface area contributed by atoms with Crippen LogP contribution in [0.1, 0.15) is 6.92 Å². The molecule has 7 heteroatoms. The van der Waals surface area contributed by atoms with Crippen molar-refractivity contribution in [1.29, 1.82) is 0 Å². The molecule has 0 aliphatic heterocycles. The van der Waals surface area contributed by atoms with Crippen LogP contribution in [0.25, 0.3) is 0 Å². The van der Waals surface area contributed by atoms with Crippen LogP contribution in [-0.2, 0) is 0 Å². The van der Waals surface area contributed by atoms with E-state index in [-0.39, 0.29) is 5.70 Å². The van der Waals surface area contributed by atoms with E-state index in [1.165, 1.54) is 6.92 Å². The Morgan fingerprint density at radius 3 is 2.43 bits per heavy atom. The molecular formula is C7H8N2O5. The Hall–Kier alpha value is -1.76. The Morgan fingerprint density at radius 2 is 2.07 bits per heavy atom. The van der Waals surface area contributed by atoms with Crippen molar-refractivity contribution in [1.82, 2.24) is 0 Å². The van der Waals surface area contributed by atoms with Crippen LogP contribution < -0.4 is 0 Å². The largest absolute Gasteiger partial charge is 0.348 e. The van der Waals surface area contributed by atoms with Gasteiger partial charge in [-0.3, -0.25) is 20.2 Å². The Balaban J connectivity index is 3.02. The minimum atomic E-state index is -2.24. The van der Waals surface area contributed by atoms with Gasteiger partial charge >= 0.3 is 5.72 Å². The SMILES string of the molecule is CC1C=C([N+](=O)[O-])C=CC1(O)[N+](=O)[O-]. The second kappa shape index (κ2) is 3.18. The van der Waals surface area contributed by atoms with E-state index in [0.717, 1.165) is 18.2 Å². The third-order valence-corrected chi connectivity index (χ3v) is 2.09. The van der Waals surface area contributed by atoms with Gasteiger partial charge in [-0.05, 0) is 6.92 Å². The second-order valence-electron chi connectivity index (χ2n) is 3.01. The van der Waals surface area contributed by atoms with Gasteiger partial charge in [0.2, 0.25) is 0 Å². The lowest BCUT2D eigenvalue weighted by Crippen LogP contribution is -2.43. The highest BCUT2D eigenvalue weighted by molar-refractivity contribution is 5.22. The Bertz CT molecular complexity index is 348. The topological polar surface area (TPSA) is 107 Å². The van der Waals surface area contributed by atoms with Gasteiger partial charge in [-0.25, -0.2) is 0 Å². The van der Waals surface area contributed by atoms with Crippen LogP contribution in [0.3, 0.4) is 0 Å². The van der Waals surface area contributed by atoms with E-state index in [2.05, 4.69) is 0 Å². The number of hydrogen-bond acceptors (Lipinski definition) is 5. The fourth-order valence-corrected chi connectivity index (χ4v) is 1.14. The molecule has 0 fully saturated rings. The molecule has 76 valence electrons. The minimum absolute atomic E-state index is 0.246. The van der Waals surface area contributed by atoms with Crippen LogP contribution in [0.5, 0.6) is 0 Å². The van der Waals surface area contributed by atoms with E-state index in [0.29, 0.717) is 0 Å². The predicted octanol–water partition coefficient (Wildman–Crippen LogP) is 0.318. The summed E-state index contributed by atoms with van der Waals surface area (Å²) in [6, 6.07) is 0. The molecule has 0 spiro atoms. The van der Waals surface area contributed by atoms with Gasteiger partial charge in [-0.1, -0.05) is 0 Å². The molecule has 0 aromatic heterocycles. The lowest BCUT2D eigenvalue weighted by molar-refractivity contribution is -0.616. The molecule has 1 rings (SSSR count). The molecule has 0 aromatic carbocycles. The summed E-state index contributed by atoms with van der Waals surface area (Å²) < 4.78 is 0. The zero-order valence-corrected chi connectivity index (χ0v) is 7.28. The fourth-order valence-electron chi connectivity index (χ4n) is 1.14. The molecule has 2 unspecified atom stereocenters. The van der Waals surface area contributed by atoms with Crippen LogP contribution in [0.2, 0.25) is 0 Å². The first kappa shape index (κ1) is 10.3. The van der Waals surface area contributed by atoms with Gasteiger partial charge in [0, 0.05) is 18.2 Å². The summed E-state index contributed by atoms with van der Waals surface area (Å²) >= 11 is 0. The van der Waals surface area contributed by atoms with Crippen molar-refractivity contribution in [2.45, 2.75) is 12.6 Å². The van der Waals surface area contributed by atoms with Gasteiger partial charge in [0.15, 0.2) is 0 Å². The molecule has 14 heavy (non-hydrogen) atoms. The van der Waals surface area contributed by atoms with Crippen molar-refractivity contribution in [3.8, 4) is 0 Å². The van der Waals surface area contributed by atoms with Gasteiger partial charge in [0.25, 0.3) is 5.70 Å². The summed E-state index contributed by atoms with van der Waals surface area (Å²) in [5, 5.41) is 30.2. The van der Waals surface area contributed by atoms with Gasteiger partial charge in [0.1, 0.15) is 0 Å². The third kappa shape index (κ3) is 1.49. The summed E-state index contributed by atoms with van der Waals surface area (Å²) in [6.07, 6.45) is 2.82. The minimum Gasteiger partial charge on any atom is -0.327 e. The van der Waals surface area contributed by atoms with Crippen LogP contribution in [0, 0.1) is 26.1 Å². The first-order chi connectivity index (χ1) is 6.38. The molecule has 0 saturated heterocycles. The molecule has 0 amide bonds. The van der Waals surface area contributed by atoms with Crippen molar-refractivity contribution >= 4 is 0 Å². The normalized spacial score (nSPS) is 31.0. The molecule has 7 nitrogen and oxygen atoms in total. The number of rotatable bonds is 2. The van der Waals surface area contributed by atoms with Gasteiger partial charge in [0.05, 0.1) is 15.8 Å². The molecule has 0 radical (unpaired) electrons. The van der Waals surface area contributed by atoms with Gasteiger partial charge < -0.3 is 5.11 Å². The monoisotopic (exact) mass is 200 g/mol. The zero-order chi connectivity index (χ0) is 10.9. The number of allylic oxidation sites excluding steroid dienone is 1. The van der Waals surface area contributed by atoms with Crippen LogP contribution >= 0.6 is 0 Å². The van der Waals surface area contributed by atoms with Crippen molar-refractivity contribution in [3.63, 3.8) is 0 Å². The average molecular weight is 200 g/mol. The van der Waals surface area contributed by atoms with Crippen molar-refractivity contribution in [2.24, 2.45) is 5.92 Å². The zero-order valence-electron chi connectivity index (χ0n) is 7.28. The highest BCUT2D eigenvalue weighted by Crippen LogP contribution is 2.27. The maximum absolute atomic E-state index is 10.5. The van der Waals surface area contributed by atoms with E-state index in [9.17, 15) is 25.3 Å². The average Bonchev–Trinajstić information content (AvgIpc) is 2.09. The lowest BCUT2D eigenvalue weighted by atomic mass is 9.92. The maximum atomic E-state index is 10.5. The molecule has 2 atom stereocenters. The molecule has 0 aromatic rings. The maximum Gasteiger partial charge on any atom is 0.348 e. The summed E-state index contributed by atoms with van der Waals surface area (Å²) in [5.41, 5.74) is -2.48. The summed E-state index contributed by atoms with van der Waals surface area (Å²) in [7, 11) is 0. The summed E-state index contributed by atoms with van der Waals surface area (Å²) in [6.45, 7) is 1.34. The van der Waals surface area contributed by atoms with E-state index in [4.69, 9.17) is 0 Å². The van der Waals surface area contributed by atoms with E-state index in [1.54, 1.807) is 0 Å². The number of hydrogen-bond donors (Lipinski definition) is 1. The Labute approximate surface area is 78.6 Å². The lowest BCUT2D eigenvalue weighted by Gasteiger charge is -2.21. The smallest absolute Gasteiger partial charge is 0.327 e. The Kier molecular flexibility index (Phi) is 2.35. The quantitative estimate of drug-likeness (QED) is 0.392. The molecule has 1 aliphatic carbocycles. The van der Waals surface area contributed by atoms with Crippen molar-refractivity contribution in [3.05, 3.63) is 44.2 Å². The summed E-state index contributed by atoms with van der Waals surface area (Å²) in [5.74, 6) is -0.928. The number of aliphatic hydroxyl groups is 1. The molecule has 0 bridgehead atoms. The predicted molar refractivity (Wildman–Crippen MR) is 45.3 cm³/mol. The van der Waals surface area contributed by atoms with E-state index in [1.807, 2.05) is 0 Å². The van der Waals surface area contributed by atoms with Crippen LogP contribution in [-0.4, -0.2) is 20.7 Å². The molecular weight excluding hydrogens is 192 g/mol. The summed E-state index contributed by atoms with van der Waals surface area (Å²) in [4.78, 5) is 19.2. The second-order valence-corrected chi connectivity index (χ2v) is 3.01. The third-order valence-electron chi connectivity index (χ3n) is 2.09. The van der Waals surface area contributed by atoms with Gasteiger partial charge in [-0.2, -0.15) is 0 Å².